The van der Waals surface area contributed by atoms with E-state index in [1.54, 1.807) is 5.01 Å². The molecule has 0 unspecified atom stereocenters. The standard InChI is InChI=1S/C15H15ClF3N5/c16-13-12(15(17,18)19)10-21-14(22-13)24(11-4-2-1-3-5-11)23-8-6-20-7-9-23/h1-5,10,20H,6-9H2. The van der Waals surface area contributed by atoms with Gasteiger partial charge in [0.05, 0.1) is 5.69 Å². The molecule has 0 aliphatic carbocycles. The fourth-order valence-corrected chi connectivity index (χ4v) is 2.70. The lowest BCUT2D eigenvalue weighted by Gasteiger charge is -2.37. The van der Waals surface area contributed by atoms with Crippen LogP contribution in [0.15, 0.2) is 36.5 Å². The molecule has 128 valence electrons. The SMILES string of the molecule is FC(F)(F)c1cnc(N(c2ccccc2)N2CCNCC2)nc1Cl. The normalized spacial score (nSPS) is 16.2. The van der Waals surface area contributed by atoms with Crippen molar-refractivity contribution in [2.45, 2.75) is 6.18 Å². The van der Waals surface area contributed by atoms with E-state index in [9.17, 15) is 13.2 Å². The van der Waals surface area contributed by atoms with E-state index in [2.05, 4.69) is 15.3 Å². The number of rotatable bonds is 3. The van der Waals surface area contributed by atoms with Gasteiger partial charge in [0.1, 0.15) is 10.7 Å². The maximum atomic E-state index is 12.9. The van der Waals surface area contributed by atoms with Crippen LogP contribution in [0.25, 0.3) is 0 Å². The summed E-state index contributed by atoms with van der Waals surface area (Å²) in [6.07, 6.45) is -3.86. The Morgan fingerprint density at radius 1 is 1.12 bits per heavy atom. The van der Waals surface area contributed by atoms with Gasteiger partial charge in [-0.3, -0.25) is 0 Å². The third-order valence-electron chi connectivity index (χ3n) is 3.60. The lowest BCUT2D eigenvalue weighted by Crippen LogP contribution is -2.51. The smallest absolute Gasteiger partial charge is 0.314 e. The average Bonchev–Trinajstić information content (AvgIpc) is 2.56. The molecule has 0 atom stereocenters. The number of nitrogens with one attached hydrogen (secondary N) is 1. The van der Waals surface area contributed by atoms with Gasteiger partial charge in [-0.15, -0.1) is 0 Å². The van der Waals surface area contributed by atoms with Crippen LogP contribution >= 0.6 is 11.6 Å². The van der Waals surface area contributed by atoms with Gasteiger partial charge < -0.3 is 5.32 Å². The van der Waals surface area contributed by atoms with Gasteiger partial charge in [0.15, 0.2) is 0 Å². The number of piperazine rings is 1. The Morgan fingerprint density at radius 2 is 1.79 bits per heavy atom. The van der Waals surface area contributed by atoms with E-state index in [4.69, 9.17) is 11.6 Å². The van der Waals surface area contributed by atoms with Gasteiger partial charge in [-0.25, -0.2) is 15.0 Å². The van der Waals surface area contributed by atoms with E-state index >= 15 is 0 Å². The summed E-state index contributed by atoms with van der Waals surface area (Å²) in [5.41, 5.74) is -0.281. The predicted octanol–water partition coefficient (Wildman–Crippen LogP) is 3.11. The largest absolute Gasteiger partial charge is 0.420 e. The zero-order valence-corrected chi connectivity index (χ0v) is 13.3. The van der Waals surface area contributed by atoms with Crippen LogP contribution in [0.4, 0.5) is 24.8 Å². The number of hydrogen-bond acceptors (Lipinski definition) is 5. The van der Waals surface area contributed by atoms with Gasteiger partial charge in [-0.05, 0) is 12.1 Å². The minimum absolute atomic E-state index is 0.112. The van der Waals surface area contributed by atoms with Crippen molar-refractivity contribution < 1.29 is 13.2 Å². The molecule has 2 aromatic rings. The van der Waals surface area contributed by atoms with E-state index in [-0.39, 0.29) is 5.95 Å². The summed E-state index contributed by atoms with van der Waals surface area (Å²) in [7, 11) is 0. The molecule has 1 aromatic heterocycles. The number of anilines is 2. The van der Waals surface area contributed by atoms with Crippen molar-refractivity contribution in [1.82, 2.24) is 20.3 Å². The Kier molecular flexibility index (Phi) is 4.88. The molecule has 1 fully saturated rings. The number of nitrogens with zero attached hydrogens (tertiary/aromatic N) is 4. The van der Waals surface area contributed by atoms with Gasteiger partial charge in [0.2, 0.25) is 5.95 Å². The second-order valence-electron chi connectivity index (χ2n) is 5.22. The van der Waals surface area contributed by atoms with Crippen molar-refractivity contribution in [3.8, 4) is 0 Å². The van der Waals surface area contributed by atoms with Crippen molar-refractivity contribution >= 4 is 23.2 Å². The Labute approximate surface area is 142 Å². The highest BCUT2D eigenvalue weighted by Crippen LogP contribution is 2.35. The summed E-state index contributed by atoms with van der Waals surface area (Å²) in [5, 5.41) is 6.30. The number of para-hydroxylation sites is 1. The van der Waals surface area contributed by atoms with Crippen LogP contribution in [0.2, 0.25) is 5.15 Å². The highest BCUT2D eigenvalue weighted by molar-refractivity contribution is 6.30. The summed E-state index contributed by atoms with van der Waals surface area (Å²) in [6, 6.07) is 9.24. The molecule has 0 saturated carbocycles. The summed E-state index contributed by atoms with van der Waals surface area (Å²) < 4.78 is 38.6. The van der Waals surface area contributed by atoms with Crippen molar-refractivity contribution in [2.75, 3.05) is 31.2 Å². The molecule has 1 aliphatic rings. The lowest BCUT2D eigenvalue weighted by atomic mass is 10.3. The number of halogens is 4. The minimum Gasteiger partial charge on any atom is -0.314 e. The molecule has 1 N–H and O–H groups in total. The van der Waals surface area contributed by atoms with Crippen LogP contribution in [0.5, 0.6) is 0 Å². The van der Waals surface area contributed by atoms with Crippen molar-refractivity contribution in [2.24, 2.45) is 0 Å². The zero-order chi connectivity index (χ0) is 17.2. The van der Waals surface area contributed by atoms with E-state index in [0.717, 1.165) is 25.0 Å². The quantitative estimate of drug-likeness (QED) is 0.855. The minimum atomic E-state index is -4.58. The first-order valence-electron chi connectivity index (χ1n) is 7.37. The number of alkyl halides is 3. The van der Waals surface area contributed by atoms with Gasteiger partial charge in [0, 0.05) is 32.4 Å². The van der Waals surface area contributed by atoms with Gasteiger partial charge in [0.25, 0.3) is 0 Å². The summed E-state index contributed by atoms with van der Waals surface area (Å²) >= 11 is 5.76. The number of aromatic nitrogens is 2. The molecule has 1 aromatic carbocycles. The first-order valence-corrected chi connectivity index (χ1v) is 7.75. The van der Waals surface area contributed by atoms with Crippen molar-refractivity contribution in [3.63, 3.8) is 0 Å². The second-order valence-corrected chi connectivity index (χ2v) is 5.58. The molecule has 0 spiro atoms. The van der Waals surface area contributed by atoms with Crippen molar-refractivity contribution in [3.05, 3.63) is 47.2 Å². The molecule has 1 saturated heterocycles. The van der Waals surface area contributed by atoms with Gasteiger partial charge >= 0.3 is 6.18 Å². The van der Waals surface area contributed by atoms with Crippen LogP contribution < -0.4 is 10.3 Å². The van der Waals surface area contributed by atoms with Crippen LogP contribution in [-0.2, 0) is 6.18 Å². The van der Waals surface area contributed by atoms with Crippen LogP contribution in [0, 0.1) is 0 Å². The summed E-state index contributed by atoms with van der Waals surface area (Å²) in [5.74, 6) is 0.112. The first-order chi connectivity index (χ1) is 11.5. The molecule has 1 aliphatic heterocycles. The molecule has 2 heterocycles. The monoisotopic (exact) mass is 357 g/mol. The Balaban J connectivity index is 2.01. The highest BCUT2D eigenvalue weighted by atomic mass is 35.5. The molecule has 24 heavy (non-hydrogen) atoms. The number of hydrogen-bond donors (Lipinski definition) is 1. The van der Waals surface area contributed by atoms with E-state index in [0.29, 0.717) is 13.1 Å². The molecule has 0 bridgehead atoms. The van der Waals surface area contributed by atoms with Crippen molar-refractivity contribution in [1.29, 1.82) is 0 Å². The van der Waals surface area contributed by atoms with Crippen LogP contribution in [-0.4, -0.2) is 41.2 Å². The Hall–Kier alpha value is -1.90. The molecule has 0 radical (unpaired) electrons. The third kappa shape index (κ3) is 3.61. The molecule has 9 heteroatoms. The maximum Gasteiger partial charge on any atom is 0.420 e. The van der Waals surface area contributed by atoms with Crippen LogP contribution in [0.1, 0.15) is 5.56 Å². The Bertz CT molecular complexity index is 689. The predicted molar refractivity (Wildman–Crippen MR) is 85.1 cm³/mol. The molecule has 3 rings (SSSR count). The Morgan fingerprint density at radius 3 is 2.38 bits per heavy atom. The van der Waals surface area contributed by atoms with Gasteiger partial charge in [-0.1, -0.05) is 29.8 Å². The summed E-state index contributed by atoms with van der Waals surface area (Å²) in [6.45, 7) is 2.88. The fraction of sp³-hybridized carbons (Fsp3) is 0.333. The summed E-state index contributed by atoms with van der Waals surface area (Å²) in [4.78, 5) is 7.80. The molecular weight excluding hydrogens is 343 g/mol. The fourth-order valence-electron chi connectivity index (χ4n) is 2.47. The zero-order valence-electron chi connectivity index (χ0n) is 12.6. The van der Waals surface area contributed by atoms with E-state index in [1.165, 1.54) is 0 Å². The molecule has 0 amide bonds. The van der Waals surface area contributed by atoms with Gasteiger partial charge in [-0.2, -0.15) is 18.2 Å². The van der Waals surface area contributed by atoms with Crippen LogP contribution in [0.3, 0.4) is 0 Å². The number of benzene rings is 1. The molecule has 5 nitrogen and oxygen atoms in total. The second kappa shape index (κ2) is 6.92. The molecular formula is C15H15ClF3N5. The topological polar surface area (TPSA) is 44.3 Å². The van der Waals surface area contributed by atoms with E-state index < -0.39 is 16.9 Å². The highest BCUT2D eigenvalue weighted by Gasteiger charge is 2.35. The lowest BCUT2D eigenvalue weighted by molar-refractivity contribution is -0.137. The first kappa shape index (κ1) is 16.9. The maximum absolute atomic E-state index is 12.9. The average molecular weight is 358 g/mol. The third-order valence-corrected chi connectivity index (χ3v) is 3.89. The van der Waals surface area contributed by atoms with E-state index in [1.807, 2.05) is 35.3 Å². The number of hydrazine groups is 1.